The Morgan fingerprint density at radius 2 is 2.10 bits per heavy atom. The van der Waals surface area contributed by atoms with Gasteiger partial charge in [0.25, 0.3) is 0 Å². The van der Waals surface area contributed by atoms with Gasteiger partial charge in [0.1, 0.15) is 5.01 Å². The predicted molar refractivity (Wildman–Crippen MR) is 85.8 cm³/mol. The minimum Gasteiger partial charge on any atom is -0.248 e. The summed E-state index contributed by atoms with van der Waals surface area (Å²) in [7, 11) is -3.54. The summed E-state index contributed by atoms with van der Waals surface area (Å²) in [5.41, 5.74) is 0.924. The number of benzene rings is 1. The molecule has 0 fully saturated rings. The van der Waals surface area contributed by atoms with Crippen LogP contribution in [0.2, 0.25) is 0 Å². The molecule has 0 aliphatic rings. The second-order valence-corrected chi connectivity index (χ2v) is 8.13. The molecular formula is C15H20N2O2S2. The number of nitrogens with one attached hydrogen (secondary N) is 1. The summed E-state index contributed by atoms with van der Waals surface area (Å²) >= 11 is 1.47. The number of hydrogen-bond acceptors (Lipinski definition) is 4. The first-order valence-electron chi connectivity index (χ1n) is 6.87. The summed E-state index contributed by atoms with van der Waals surface area (Å²) in [5.74, 6) is 0.374. The monoisotopic (exact) mass is 324 g/mol. The van der Waals surface area contributed by atoms with Crippen LogP contribution in [0.15, 0.2) is 40.7 Å². The molecule has 0 saturated heterocycles. The van der Waals surface area contributed by atoms with Crippen LogP contribution in [0.1, 0.15) is 36.9 Å². The normalized spacial score (nSPS) is 13.5. The van der Waals surface area contributed by atoms with Gasteiger partial charge in [0.15, 0.2) is 0 Å². The lowest BCUT2D eigenvalue weighted by Gasteiger charge is -2.18. The van der Waals surface area contributed by atoms with Crippen LogP contribution in [0.25, 0.3) is 0 Å². The minimum absolute atomic E-state index is 0.282. The average molecular weight is 324 g/mol. The van der Waals surface area contributed by atoms with Gasteiger partial charge in [0.2, 0.25) is 10.0 Å². The summed E-state index contributed by atoms with van der Waals surface area (Å²) in [6.07, 6.45) is 2.42. The smallest absolute Gasteiger partial charge is 0.241 e. The highest BCUT2D eigenvalue weighted by molar-refractivity contribution is 7.89. The molecule has 0 radical (unpaired) electrons. The van der Waals surface area contributed by atoms with Gasteiger partial charge in [0.05, 0.1) is 10.9 Å². The fourth-order valence-electron chi connectivity index (χ4n) is 2.12. The molecule has 0 amide bonds. The Kier molecular flexibility index (Phi) is 5.13. The van der Waals surface area contributed by atoms with Crippen molar-refractivity contribution in [3.05, 3.63) is 46.4 Å². The summed E-state index contributed by atoms with van der Waals surface area (Å²) < 4.78 is 27.9. The van der Waals surface area contributed by atoms with Crippen LogP contribution < -0.4 is 4.72 Å². The zero-order valence-corrected chi connectivity index (χ0v) is 14.0. The van der Waals surface area contributed by atoms with Crippen molar-refractivity contribution in [2.24, 2.45) is 5.92 Å². The van der Waals surface area contributed by atoms with Crippen molar-refractivity contribution in [2.45, 2.75) is 38.1 Å². The van der Waals surface area contributed by atoms with Gasteiger partial charge in [-0.3, -0.25) is 0 Å². The lowest BCUT2D eigenvalue weighted by molar-refractivity contribution is 0.470. The van der Waals surface area contributed by atoms with Gasteiger partial charge in [-0.15, -0.1) is 11.3 Å². The SMILES string of the molecule is Cc1cccc(S(=O)(=O)NC(CC(C)C)c2nccs2)c1. The fourth-order valence-corrected chi connectivity index (χ4v) is 4.21. The van der Waals surface area contributed by atoms with E-state index in [0.29, 0.717) is 10.8 Å². The van der Waals surface area contributed by atoms with E-state index in [4.69, 9.17) is 0 Å². The van der Waals surface area contributed by atoms with Crippen molar-refractivity contribution < 1.29 is 8.42 Å². The molecule has 4 nitrogen and oxygen atoms in total. The zero-order chi connectivity index (χ0) is 15.5. The third kappa shape index (κ3) is 4.36. The number of nitrogens with zero attached hydrogens (tertiary/aromatic N) is 1. The van der Waals surface area contributed by atoms with Crippen LogP contribution >= 0.6 is 11.3 Å². The third-order valence-corrected chi connectivity index (χ3v) is 5.41. The maximum Gasteiger partial charge on any atom is 0.241 e. The van der Waals surface area contributed by atoms with E-state index in [2.05, 4.69) is 23.6 Å². The number of sulfonamides is 1. The molecule has 1 N–H and O–H groups in total. The molecule has 0 aliphatic carbocycles. The van der Waals surface area contributed by atoms with Gasteiger partial charge in [-0.1, -0.05) is 26.0 Å². The second-order valence-electron chi connectivity index (χ2n) is 5.49. The summed E-state index contributed by atoms with van der Waals surface area (Å²) in [6, 6.07) is 6.65. The van der Waals surface area contributed by atoms with Gasteiger partial charge in [0, 0.05) is 11.6 Å². The zero-order valence-electron chi connectivity index (χ0n) is 12.4. The predicted octanol–water partition coefficient (Wildman–Crippen LogP) is 3.52. The van der Waals surface area contributed by atoms with E-state index in [9.17, 15) is 8.42 Å². The van der Waals surface area contributed by atoms with E-state index in [1.54, 1.807) is 24.4 Å². The van der Waals surface area contributed by atoms with Crippen molar-refractivity contribution in [3.63, 3.8) is 0 Å². The molecule has 1 unspecified atom stereocenters. The Bertz CT molecular complexity index is 679. The molecule has 6 heteroatoms. The minimum atomic E-state index is -3.54. The summed E-state index contributed by atoms with van der Waals surface area (Å²) in [6.45, 7) is 6.02. The number of thiazole rings is 1. The average Bonchev–Trinajstić information content (AvgIpc) is 2.91. The van der Waals surface area contributed by atoms with Gasteiger partial charge >= 0.3 is 0 Å². The Hall–Kier alpha value is -1.24. The Balaban J connectivity index is 2.27. The number of aryl methyl sites for hydroxylation is 1. The molecule has 0 bridgehead atoms. The molecule has 2 rings (SSSR count). The second kappa shape index (κ2) is 6.68. The lowest BCUT2D eigenvalue weighted by atomic mass is 10.1. The number of aromatic nitrogens is 1. The summed E-state index contributed by atoms with van der Waals surface area (Å²) in [5, 5.41) is 2.67. The van der Waals surface area contributed by atoms with E-state index < -0.39 is 10.0 Å². The molecule has 1 aromatic carbocycles. The van der Waals surface area contributed by atoms with E-state index >= 15 is 0 Å². The maximum absolute atomic E-state index is 12.5. The molecular weight excluding hydrogens is 304 g/mol. The molecule has 0 aliphatic heterocycles. The van der Waals surface area contributed by atoms with Crippen LogP contribution in [-0.2, 0) is 10.0 Å². The quantitative estimate of drug-likeness (QED) is 0.884. The molecule has 2 aromatic rings. The topological polar surface area (TPSA) is 59.1 Å². The maximum atomic E-state index is 12.5. The fraction of sp³-hybridized carbons (Fsp3) is 0.400. The third-order valence-electron chi connectivity index (χ3n) is 3.05. The van der Waals surface area contributed by atoms with Crippen LogP contribution in [0.4, 0.5) is 0 Å². The first-order valence-corrected chi connectivity index (χ1v) is 9.23. The first kappa shape index (κ1) is 16.1. The summed E-state index contributed by atoms with van der Waals surface area (Å²) in [4.78, 5) is 4.56. The van der Waals surface area contributed by atoms with Crippen LogP contribution in [0.5, 0.6) is 0 Å². The highest BCUT2D eigenvalue weighted by Crippen LogP contribution is 2.25. The molecule has 1 aromatic heterocycles. The van der Waals surface area contributed by atoms with Crippen molar-refractivity contribution in [1.29, 1.82) is 0 Å². The molecule has 1 heterocycles. The standard InChI is InChI=1S/C15H20N2O2S2/c1-11(2)9-14(15-16-7-8-20-15)17-21(18,19)13-6-4-5-12(3)10-13/h4-8,10-11,14,17H,9H2,1-3H3. The Labute approximate surface area is 130 Å². The molecule has 0 saturated carbocycles. The van der Waals surface area contributed by atoms with E-state index in [0.717, 1.165) is 17.0 Å². The number of rotatable bonds is 6. The van der Waals surface area contributed by atoms with Crippen molar-refractivity contribution in [2.75, 3.05) is 0 Å². The van der Waals surface area contributed by atoms with E-state index in [-0.39, 0.29) is 6.04 Å². The molecule has 0 spiro atoms. The van der Waals surface area contributed by atoms with Gasteiger partial charge in [-0.2, -0.15) is 0 Å². The largest absolute Gasteiger partial charge is 0.248 e. The van der Waals surface area contributed by atoms with E-state index in [1.165, 1.54) is 11.3 Å². The van der Waals surface area contributed by atoms with Crippen molar-refractivity contribution in [3.8, 4) is 0 Å². The highest BCUT2D eigenvalue weighted by Gasteiger charge is 2.23. The molecule has 1 atom stereocenters. The Morgan fingerprint density at radius 1 is 1.33 bits per heavy atom. The van der Waals surface area contributed by atoms with Crippen LogP contribution in [0.3, 0.4) is 0 Å². The van der Waals surface area contributed by atoms with Crippen molar-refractivity contribution in [1.82, 2.24) is 9.71 Å². The molecule has 114 valence electrons. The lowest BCUT2D eigenvalue weighted by Crippen LogP contribution is -2.29. The van der Waals surface area contributed by atoms with Gasteiger partial charge in [-0.05, 0) is 37.0 Å². The van der Waals surface area contributed by atoms with Crippen LogP contribution in [0, 0.1) is 12.8 Å². The first-order chi connectivity index (χ1) is 9.88. The Morgan fingerprint density at radius 3 is 2.67 bits per heavy atom. The van der Waals surface area contributed by atoms with Gasteiger partial charge in [-0.25, -0.2) is 18.1 Å². The van der Waals surface area contributed by atoms with Gasteiger partial charge < -0.3 is 0 Å². The van der Waals surface area contributed by atoms with Crippen molar-refractivity contribution >= 4 is 21.4 Å². The number of hydrogen-bond donors (Lipinski definition) is 1. The van der Waals surface area contributed by atoms with Crippen LogP contribution in [-0.4, -0.2) is 13.4 Å². The molecule has 21 heavy (non-hydrogen) atoms. The van der Waals surface area contributed by atoms with E-state index in [1.807, 2.05) is 18.4 Å². The highest BCUT2D eigenvalue weighted by atomic mass is 32.2.